The van der Waals surface area contributed by atoms with Crippen LogP contribution in [0.2, 0.25) is 5.02 Å². The summed E-state index contributed by atoms with van der Waals surface area (Å²) in [4.78, 5) is 0. The maximum atomic E-state index is 6.25. The van der Waals surface area contributed by atoms with E-state index in [0.29, 0.717) is 23.2 Å². The summed E-state index contributed by atoms with van der Waals surface area (Å²) in [6.07, 6.45) is 1.96. The summed E-state index contributed by atoms with van der Waals surface area (Å²) >= 11 is 6.25. The predicted molar refractivity (Wildman–Crippen MR) is 89.4 cm³/mol. The third-order valence-corrected chi connectivity index (χ3v) is 4.01. The van der Waals surface area contributed by atoms with E-state index < -0.39 is 0 Å². The summed E-state index contributed by atoms with van der Waals surface area (Å²) in [5.41, 5.74) is 8.00. The van der Waals surface area contributed by atoms with Crippen LogP contribution in [0.1, 0.15) is 37.3 Å². The fourth-order valence-corrected chi connectivity index (χ4v) is 2.42. The maximum absolute atomic E-state index is 6.25. The molecule has 0 saturated heterocycles. The highest BCUT2D eigenvalue weighted by Gasteiger charge is 2.06. The standard InChI is InChI=1S/C18H22ClNO/c1-3-13(2)15-5-7-16(8-6-15)21-18-9-4-14(10-11-20)12-17(18)19/h4-9,12-13H,3,10-11,20H2,1-2H3. The van der Waals surface area contributed by atoms with Gasteiger partial charge in [0.15, 0.2) is 0 Å². The Hall–Kier alpha value is -1.51. The van der Waals surface area contributed by atoms with E-state index in [9.17, 15) is 0 Å². The molecular weight excluding hydrogens is 282 g/mol. The average molecular weight is 304 g/mol. The molecule has 1 unspecified atom stereocenters. The van der Waals surface area contributed by atoms with Crippen molar-refractivity contribution >= 4 is 11.6 Å². The Morgan fingerprint density at radius 2 is 1.86 bits per heavy atom. The van der Waals surface area contributed by atoms with Crippen LogP contribution in [0.3, 0.4) is 0 Å². The number of ether oxygens (including phenoxy) is 1. The molecule has 112 valence electrons. The highest BCUT2D eigenvalue weighted by molar-refractivity contribution is 6.32. The van der Waals surface area contributed by atoms with Gasteiger partial charge < -0.3 is 10.5 Å². The van der Waals surface area contributed by atoms with Crippen molar-refractivity contribution in [2.75, 3.05) is 6.54 Å². The Labute approximate surface area is 131 Å². The molecule has 2 aromatic carbocycles. The smallest absolute Gasteiger partial charge is 0.146 e. The van der Waals surface area contributed by atoms with Crippen molar-refractivity contribution < 1.29 is 4.74 Å². The van der Waals surface area contributed by atoms with Gasteiger partial charge in [-0.2, -0.15) is 0 Å². The Morgan fingerprint density at radius 3 is 2.43 bits per heavy atom. The lowest BCUT2D eigenvalue weighted by Crippen LogP contribution is -2.02. The third kappa shape index (κ3) is 4.23. The van der Waals surface area contributed by atoms with Crippen LogP contribution < -0.4 is 10.5 Å². The van der Waals surface area contributed by atoms with Gasteiger partial charge in [0, 0.05) is 0 Å². The lowest BCUT2D eigenvalue weighted by atomic mass is 9.99. The molecule has 0 bridgehead atoms. The first kappa shape index (κ1) is 15.9. The maximum Gasteiger partial charge on any atom is 0.146 e. The van der Waals surface area contributed by atoms with Gasteiger partial charge in [-0.15, -0.1) is 0 Å². The van der Waals surface area contributed by atoms with Crippen LogP contribution in [-0.2, 0) is 6.42 Å². The van der Waals surface area contributed by atoms with E-state index >= 15 is 0 Å². The van der Waals surface area contributed by atoms with E-state index in [-0.39, 0.29) is 0 Å². The van der Waals surface area contributed by atoms with Gasteiger partial charge in [-0.1, -0.05) is 43.6 Å². The minimum absolute atomic E-state index is 0.568. The Bertz CT molecular complexity index is 580. The number of rotatable bonds is 6. The molecule has 2 N–H and O–H groups in total. The topological polar surface area (TPSA) is 35.2 Å². The van der Waals surface area contributed by atoms with Crippen LogP contribution >= 0.6 is 11.6 Å². The first-order valence-corrected chi connectivity index (χ1v) is 7.78. The lowest BCUT2D eigenvalue weighted by molar-refractivity contribution is 0.482. The van der Waals surface area contributed by atoms with Gasteiger partial charge in [0.1, 0.15) is 11.5 Å². The highest BCUT2D eigenvalue weighted by atomic mass is 35.5. The Morgan fingerprint density at radius 1 is 1.14 bits per heavy atom. The largest absolute Gasteiger partial charge is 0.456 e. The van der Waals surface area contributed by atoms with Gasteiger partial charge in [0.25, 0.3) is 0 Å². The molecule has 0 heterocycles. The predicted octanol–water partition coefficient (Wildman–Crippen LogP) is 5.15. The molecule has 0 spiro atoms. The number of benzene rings is 2. The molecule has 21 heavy (non-hydrogen) atoms. The Kier molecular flexibility index (Phi) is 5.66. The normalized spacial score (nSPS) is 12.2. The summed E-state index contributed by atoms with van der Waals surface area (Å²) in [6, 6.07) is 14.0. The summed E-state index contributed by atoms with van der Waals surface area (Å²) < 4.78 is 5.85. The fraction of sp³-hybridized carbons (Fsp3) is 0.333. The second kappa shape index (κ2) is 7.48. The zero-order chi connectivity index (χ0) is 15.2. The quantitative estimate of drug-likeness (QED) is 0.801. The molecular formula is C18H22ClNO. The summed E-state index contributed by atoms with van der Waals surface area (Å²) in [5.74, 6) is 2.04. The second-order valence-electron chi connectivity index (χ2n) is 5.28. The van der Waals surface area contributed by atoms with Gasteiger partial charge >= 0.3 is 0 Å². The van der Waals surface area contributed by atoms with Crippen molar-refractivity contribution in [3.05, 3.63) is 58.6 Å². The molecule has 3 heteroatoms. The van der Waals surface area contributed by atoms with Crippen molar-refractivity contribution in [3.63, 3.8) is 0 Å². The molecule has 0 radical (unpaired) electrons. The lowest BCUT2D eigenvalue weighted by Gasteiger charge is -2.12. The molecule has 1 atom stereocenters. The third-order valence-electron chi connectivity index (χ3n) is 3.72. The SMILES string of the molecule is CCC(C)c1ccc(Oc2ccc(CCN)cc2Cl)cc1. The molecule has 0 aliphatic carbocycles. The fourth-order valence-electron chi connectivity index (χ4n) is 2.18. The van der Waals surface area contributed by atoms with Gasteiger partial charge in [-0.3, -0.25) is 0 Å². The van der Waals surface area contributed by atoms with Crippen molar-refractivity contribution in [1.29, 1.82) is 0 Å². The zero-order valence-electron chi connectivity index (χ0n) is 12.6. The first-order valence-electron chi connectivity index (χ1n) is 7.40. The van der Waals surface area contributed by atoms with E-state index in [2.05, 4.69) is 26.0 Å². The van der Waals surface area contributed by atoms with E-state index in [1.165, 1.54) is 5.56 Å². The van der Waals surface area contributed by atoms with E-state index in [4.69, 9.17) is 22.1 Å². The highest BCUT2D eigenvalue weighted by Crippen LogP contribution is 2.31. The van der Waals surface area contributed by atoms with Crippen LogP contribution in [0.5, 0.6) is 11.5 Å². The van der Waals surface area contributed by atoms with E-state index in [1.807, 2.05) is 30.3 Å². The molecule has 0 saturated carbocycles. The van der Waals surface area contributed by atoms with Crippen LogP contribution in [0.15, 0.2) is 42.5 Å². The van der Waals surface area contributed by atoms with Gasteiger partial charge in [-0.05, 0) is 60.7 Å². The molecule has 0 amide bonds. The molecule has 2 nitrogen and oxygen atoms in total. The molecule has 2 aromatic rings. The van der Waals surface area contributed by atoms with Gasteiger partial charge in [-0.25, -0.2) is 0 Å². The van der Waals surface area contributed by atoms with Crippen molar-refractivity contribution in [2.24, 2.45) is 5.73 Å². The minimum Gasteiger partial charge on any atom is -0.456 e. The first-order chi connectivity index (χ1) is 10.1. The summed E-state index contributed by atoms with van der Waals surface area (Å²) in [7, 11) is 0. The number of hydrogen-bond acceptors (Lipinski definition) is 2. The van der Waals surface area contributed by atoms with Crippen molar-refractivity contribution in [2.45, 2.75) is 32.6 Å². The van der Waals surface area contributed by atoms with Crippen LogP contribution in [-0.4, -0.2) is 6.54 Å². The summed E-state index contributed by atoms with van der Waals surface area (Å²) in [5, 5.41) is 0.618. The van der Waals surface area contributed by atoms with Crippen LogP contribution in [0.4, 0.5) is 0 Å². The molecule has 0 aliphatic rings. The minimum atomic E-state index is 0.568. The molecule has 0 fully saturated rings. The van der Waals surface area contributed by atoms with Crippen LogP contribution in [0, 0.1) is 0 Å². The van der Waals surface area contributed by atoms with E-state index in [1.54, 1.807) is 0 Å². The molecule has 0 aromatic heterocycles. The number of hydrogen-bond donors (Lipinski definition) is 1. The van der Waals surface area contributed by atoms with Gasteiger partial charge in [0.05, 0.1) is 5.02 Å². The van der Waals surface area contributed by atoms with Crippen LogP contribution in [0.25, 0.3) is 0 Å². The second-order valence-corrected chi connectivity index (χ2v) is 5.69. The molecule has 0 aliphatic heterocycles. The number of halogens is 1. The van der Waals surface area contributed by atoms with Gasteiger partial charge in [0.2, 0.25) is 0 Å². The monoisotopic (exact) mass is 303 g/mol. The van der Waals surface area contributed by atoms with E-state index in [0.717, 1.165) is 24.2 Å². The molecule has 2 rings (SSSR count). The average Bonchev–Trinajstić information content (AvgIpc) is 2.50. The van der Waals surface area contributed by atoms with Crippen molar-refractivity contribution in [1.82, 2.24) is 0 Å². The number of nitrogens with two attached hydrogens (primary N) is 1. The summed E-state index contributed by atoms with van der Waals surface area (Å²) in [6.45, 7) is 5.04. The van der Waals surface area contributed by atoms with Crippen molar-refractivity contribution in [3.8, 4) is 11.5 Å². The Balaban J connectivity index is 2.11. The zero-order valence-corrected chi connectivity index (χ0v) is 13.4.